The quantitative estimate of drug-likeness (QED) is 0.825. The van der Waals surface area contributed by atoms with Gasteiger partial charge in [0.1, 0.15) is 5.82 Å². The maximum absolute atomic E-state index is 12.6. The lowest BCUT2D eigenvalue weighted by molar-refractivity contribution is -0.130. The Hall–Kier alpha value is -2.89. The maximum atomic E-state index is 12.6. The van der Waals surface area contributed by atoms with Gasteiger partial charge in [-0.1, -0.05) is 30.3 Å². The number of hydrogen-bond donors (Lipinski definition) is 1. The molecular weight excluding hydrogens is 340 g/mol. The van der Waals surface area contributed by atoms with Gasteiger partial charge in [-0.2, -0.15) is 5.10 Å². The number of nitrogens with zero attached hydrogens (tertiary/aromatic N) is 3. The highest BCUT2D eigenvalue weighted by Gasteiger charge is 2.27. The number of likely N-dealkylation sites (tertiary alicyclic amines) is 1. The molecule has 6 heteroatoms. The lowest BCUT2D eigenvalue weighted by Crippen LogP contribution is -2.41. The molecule has 0 aliphatic carbocycles. The van der Waals surface area contributed by atoms with Crippen LogP contribution in [0, 0.1) is 5.92 Å². The van der Waals surface area contributed by atoms with Crippen LogP contribution in [0.2, 0.25) is 0 Å². The maximum Gasteiger partial charge on any atom is 0.246 e. The Morgan fingerprint density at radius 3 is 2.52 bits per heavy atom. The monoisotopic (exact) mass is 366 g/mol. The summed E-state index contributed by atoms with van der Waals surface area (Å²) < 4.78 is 1.80. The fourth-order valence-electron chi connectivity index (χ4n) is 3.25. The molecule has 1 N–H and O–H groups in total. The molecule has 142 valence electrons. The molecule has 1 aromatic carbocycles. The van der Waals surface area contributed by atoms with Gasteiger partial charge in [0, 0.05) is 37.2 Å². The number of benzene rings is 1. The smallest absolute Gasteiger partial charge is 0.246 e. The van der Waals surface area contributed by atoms with Crippen LogP contribution in [0.3, 0.4) is 0 Å². The SMILES string of the molecule is CC(C)n1nccc1NC(=O)C1CCN(C(=O)C=Cc2ccccc2)CC1. The van der Waals surface area contributed by atoms with E-state index >= 15 is 0 Å². The van der Waals surface area contributed by atoms with Gasteiger partial charge in [-0.3, -0.25) is 9.59 Å². The summed E-state index contributed by atoms with van der Waals surface area (Å²) in [5, 5.41) is 7.21. The highest BCUT2D eigenvalue weighted by Crippen LogP contribution is 2.21. The highest BCUT2D eigenvalue weighted by atomic mass is 16.2. The van der Waals surface area contributed by atoms with E-state index in [2.05, 4.69) is 10.4 Å². The second kappa shape index (κ2) is 8.66. The molecule has 0 bridgehead atoms. The molecule has 1 saturated heterocycles. The molecular formula is C21H26N4O2. The molecule has 2 aromatic rings. The number of carbonyl (C=O) groups is 2. The van der Waals surface area contributed by atoms with Crippen molar-refractivity contribution >= 4 is 23.7 Å². The van der Waals surface area contributed by atoms with Crippen LogP contribution in [-0.4, -0.2) is 39.6 Å². The fraction of sp³-hybridized carbons (Fsp3) is 0.381. The Morgan fingerprint density at radius 1 is 1.15 bits per heavy atom. The molecule has 0 unspecified atom stereocenters. The Morgan fingerprint density at radius 2 is 1.85 bits per heavy atom. The van der Waals surface area contributed by atoms with Gasteiger partial charge in [0.25, 0.3) is 0 Å². The number of piperidine rings is 1. The number of rotatable bonds is 5. The Bertz CT molecular complexity index is 803. The molecule has 2 amide bonds. The zero-order chi connectivity index (χ0) is 19.2. The molecule has 2 heterocycles. The van der Waals surface area contributed by atoms with Crippen molar-refractivity contribution in [3.8, 4) is 0 Å². The summed E-state index contributed by atoms with van der Waals surface area (Å²) in [5.41, 5.74) is 1.00. The number of aromatic nitrogens is 2. The minimum absolute atomic E-state index is 0.00401. The molecule has 27 heavy (non-hydrogen) atoms. The van der Waals surface area contributed by atoms with Gasteiger partial charge in [0.15, 0.2) is 0 Å². The molecule has 0 saturated carbocycles. The van der Waals surface area contributed by atoms with Crippen LogP contribution in [0.5, 0.6) is 0 Å². The van der Waals surface area contributed by atoms with Crippen molar-refractivity contribution in [3.63, 3.8) is 0 Å². The summed E-state index contributed by atoms with van der Waals surface area (Å²) in [7, 11) is 0. The molecule has 1 aliphatic rings. The van der Waals surface area contributed by atoms with E-state index in [1.54, 1.807) is 17.0 Å². The van der Waals surface area contributed by atoms with Crippen LogP contribution < -0.4 is 5.32 Å². The third-order valence-electron chi connectivity index (χ3n) is 4.81. The highest BCUT2D eigenvalue weighted by molar-refractivity contribution is 5.93. The lowest BCUT2D eigenvalue weighted by Gasteiger charge is -2.30. The second-order valence-electron chi connectivity index (χ2n) is 7.09. The summed E-state index contributed by atoms with van der Waals surface area (Å²) in [5.74, 6) is 0.641. The lowest BCUT2D eigenvalue weighted by atomic mass is 9.96. The van der Waals surface area contributed by atoms with Gasteiger partial charge in [-0.05, 0) is 38.3 Å². The molecule has 1 aromatic heterocycles. The van der Waals surface area contributed by atoms with Crippen LogP contribution in [0.1, 0.15) is 38.3 Å². The van der Waals surface area contributed by atoms with Crippen LogP contribution >= 0.6 is 0 Å². The largest absolute Gasteiger partial charge is 0.339 e. The van der Waals surface area contributed by atoms with Gasteiger partial charge in [0.05, 0.1) is 6.20 Å². The molecule has 0 atom stereocenters. The topological polar surface area (TPSA) is 67.2 Å². The van der Waals surface area contributed by atoms with Gasteiger partial charge in [0.2, 0.25) is 11.8 Å². The van der Waals surface area contributed by atoms with Gasteiger partial charge in [-0.15, -0.1) is 0 Å². The van der Waals surface area contributed by atoms with E-state index in [4.69, 9.17) is 0 Å². The van der Waals surface area contributed by atoms with Crippen molar-refractivity contribution in [1.29, 1.82) is 0 Å². The molecule has 1 aliphatic heterocycles. The van der Waals surface area contributed by atoms with Crippen molar-refractivity contribution in [2.45, 2.75) is 32.7 Å². The second-order valence-corrected chi connectivity index (χ2v) is 7.09. The summed E-state index contributed by atoms with van der Waals surface area (Å²) >= 11 is 0. The van der Waals surface area contributed by atoms with E-state index in [0.29, 0.717) is 25.9 Å². The fourth-order valence-corrected chi connectivity index (χ4v) is 3.25. The van der Waals surface area contributed by atoms with Crippen molar-refractivity contribution in [3.05, 3.63) is 54.2 Å². The molecule has 6 nitrogen and oxygen atoms in total. The van der Waals surface area contributed by atoms with Crippen molar-refractivity contribution < 1.29 is 9.59 Å². The zero-order valence-electron chi connectivity index (χ0n) is 15.8. The predicted octanol–water partition coefficient (Wildman–Crippen LogP) is 3.35. The van der Waals surface area contributed by atoms with Crippen LogP contribution in [0.4, 0.5) is 5.82 Å². The molecule has 0 radical (unpaired) electrons. The van der Waals surface area contributed by atoms with E-state index in [0.717, 1.165) is 11.4 Å². The summed E-state index contributed by atoms with van der Waals surface area (Å²) in [6.45, 7) is 5.24. The van der Waals surface area contributed by atoms with Crippen molar-refractivity contribution in [2.75, 3.05) is 18.4 Å². The normalized spacial score (nSPS) is 15.4. The third kappa shape index (κ3) is 4.84. The summed E-state index contributed by atoms with van der Waals surface area (Å²) in [6, 6.07) is 11.8. The first-order chi connectivity index (χ1) is 13.0. The van der Waals surface area contributed by atoms with Crippen molar-refractivity contribution in [2.24, 2.45) is 5.92 Å². The summed E-state index contributed by atoms with van der Waals surface area (Å²) in [6.07, 6.45) is 6.47. The van der Waals surface area contributed by atoms with E-state index < -0.39 is 0 Å². The number of amides is 2. The first-order valence-electron chi connectivity index (χ1n) is 9.41. The van der Waals surface area contributed by atoms with Gasteiger partial charge in [-0.25, -0.2) is 4.68 Å². The Labute approximate surface area is 159 Å². The average molecular weight is 366 g/mol. The van der Waals surface area contributed by atoms with Crippen molar-refractivity contribution in [1.82, 2.24) is 14.7 Å². The average Bonchev–Trinajstić information content (AvgIpc) is 3.15. The van der Waals surface area contributed by atoms with E-state index in [-0.39, 0.29) is 23.8 Å². The number of hydrogen-bond acceptors (Lipinski definition) is 3. The first-order valence-corrected chi connectivity index (χ1v) is 9.41. The Kier molecular flexibility index (Phi) is 6.06. The minimum Gasteiger partial charge on any atom is -0.339 e. The number of carbonyl (C=O) groups excluding carboxylic acids is 2. The Balaban J connectivity index is 1.51. The summed E-state index contributed by atoms with van der Waals surface area (Å²) in [4.78, 5) is 26.7. The third-order valence-corrected chi connectivity index (χ3v) is 4.81. The van der Waals surface area contributed by atoms with Crippen LogP contribution in [0.25, 0.3) is 6.08 Å². The first kappa shape index (κ1) is 18.9. The molecule has 1 fully saturated rings. The standard InChI is InChI=1S/C21H26N4O2/c1-16(2)25-19(10-13-22-25)23-21(27)18-11-14-24(15-12-18)20(26)9-8-17-6-4-3-5-7-17/h3-10,13,16,18H,11-12,14-15H2,1-2H3,(H,23,27). The van der Waals surface area contributed by atoms with Crippen LogP contribution in [0.15, 0.2) is 48.7 Å². The van der Waals surface area contributed by atoms with Crippen LogP contribution in [-0.2, 0) is 9.59 Å². The number of anilines is 1. The van der Waals surface area contributed by atoms with E-state index in [1.165, 1.54) is 0 Å². The van der Waals surface area contributed by atoms with E-state index in [1.807, 2.05) is 61.2 Å². The van der Waals surface area contributed by atoms with E-state index in [9.17, 15) is 9.59 Å². The zero-order valence-corrected chi connectivity index (χ0v) is 15.8. The number of nitrogens with one attached hydrogen (secondary N) is 1. The van der Waals surface area contributed by atoms with Gasteiger partial charge >= 0.3 is 0 Å². The van der Waals surface area contributed by atoms with Gasteiger partial charge < -0.3 is 10.2 Å². The minimum atomic E-state index is -0.0809. The molecule has 0 spiro atoms. The predicted molar refractivity (Wildman–Crippen MR) is 106 cm³/mol. The molecule has 3 rings (SSSR count).